The van der Waals surface area contributed by atoms with Gasteiger partial charge in [0.15, 0.2) is 0 Å². The van der Waals surface area contributed by atoms with Crippen molar-refractivity contribution in [3.63, 3.8) is 0 Å². The molecule has 0 aliphatic heterocycles. The summed E-state index contributed by atoms with van der Waals surface area (Å²) < 4.78 is 29.7. The third-order valence-corrected chi connectivity index (χ3v) is 7.28. The van der Waals surface area contributed by atoms with Crippen LogP contribution in [0.5, 0.6) is 5.75 Å². The molecular formula is C28H34NO3S. The largest absolute Gasteiger partial charge is 0.506 e. The molecule has 0 saturated heterocycles. The summed E-state index contributed by atoms with van der Waals surface area (Å²) in [4.78, 5) is -0.0683. The Kier molecular flexibility index (Phi) is 8.70. The van der Waals surface area contributed by atoms with E-state index in [1.54, 1.807) is 12.1 Å². The molecule has 3 aromatic carbocycles. The summed E-state index contributed by atoms with van der Waals surface area (Å²) in [7, 11) is -3.95. The van der Waals surface area contributed by atoms with E-state index < -0.39 is 10.0 Å². The van der Waals surface area contributed by atoms with E-state index in [1.165, 1.54) is 6.07 Å². The summed E-state index contributed by atoms with van der Waals surface area (Å²) in [5.41, 5.74) is 2.84. The highest BCUT2D eigenvalue weighted by Gasteiger charge is 2.28. The summed E-state index contributed by atoms with van der Waals surface area (Å²) in [6.07, 6.45) is 2.72. The van der Waals surface area contributed by atoms with Crippen LogP contribution in [0.15, 0.2) is 83.8 Å². The van der Waals surface area contributed by atoms with Gasteiger partial charge in [-0.25, -0.2) is 13.1 Å². The van der Waals surface area contributed by atoms with Crippen molar-refractivity contribution < 1.29 is 13.5 Å². The predicted octanol–water partition coefficient (Wildman–Crippen LogP) is 5.91. The van der Waals surface area contributed by atoms with Gasteiger partial charge in [0.05, 0.1) is 6.04 Å². The Morgan fingerprint density at radius 1 is 0.848 bits per heavy atom. The van der Waals surface area contributed by atoms with Gasteiger partial charge in [-0.1, -0.05) is 93.6 Å². The van der Waals surface area contributed by atoms with E-state index >= 15 is 0 Å². The van der Waals surface area contributed by atoms with Gasteiger partial charge < -0.3 is 5.11 Å². The molecule has 0 heterocycles. The van der Waals surface area contributed by atoms with Gasteiger partial charge in [-0.3, -0.25) is 0 Å². The Balaban J connectivity index is 1.87. The number of nitrogens with one attached hydrogen (secondary N) is 1. The second-order valence-corrected chi connectivity index (χ2v) is 10.7. The van der Waals surface area contributed by atoms with Crippen LogP contribution in [0.3, 0.4) is 0 Å². The van der Waals surface area contributed by atoms with Crippen molar-refractivity contribution in [2.45, 2.75) is 51.3 Å². The maximum Gasteiger partial charge on any atom is 0.244 e. The van der Waals surface area contributed by atoms with Crippen LogP contribution in [-0.4, -0.2) is 13.5 Å². The minimum atomic E-state index is -3.95. The molecule has 3 aromatic rings. The van der Waals surface area contributed by atoms with Crippen LogP contribution in [0.1, 0.15) is 43.9 Å². The quantitative estimate of drug-likeness (QED) is 0.371. The van der Waals surface area contributed by atoms with Crippen molar-refractivity contribution in [2.24, 2.45) is 11.8 Å². The van der Waals surface area contributed by atoms with Crippen LogP contribution < -0.4 is 4.72 Å². The minimum Gasteiger partial charge on any atom is -0.506 e. The molecule has 33 heavy (non-hydrogen) atoms. The van der Waals surface area contributed by atoms with Crippen molar-refractivity contribution in [3.05, 3.63) is 102 Å². The summed E-state index contributed by atoms with van der Waals surface area (Å²) in [6, 6.07) is 25.6. The van der Waals surface area contributed by atoms with Gasteiger partial charge >= 0.3 is 0 Å². The van der Waals surface area contributed by atoms with Crippen LogP contribution in [0.4, 0.5) is 0 Å². The van der Waals surface area contributed by atoms with Gasteiger partial charge in [-0.2, -0.15) is 0 Å². The highest BCUT2D eigenvalue weighted by Crippen LogP contribution is 2.31. The monoisotopic (exact) mass is 464 g/mol. The molecule has 0 amide bonds. The molecule has 0 aromatic heterocycles. The molecule has 4 nitrogen and oxygen atoms in total. The first-order valence-electron chi connectivity index (χ1n) is 11.5. The van der Waals surface area contributed by atoms with Crippen LogP contribution in [0.25, 0.3) is 0 Å². The maximum atomic E-state index is 13.4. The van der Waals surface area contributed by atoms with Crippen LogP contribution >= 0.6 is 0 Å². The Morgan fingerprint density at radius 2 is 1.45 bits per heavy atom. The first-order valence-corrected chi connectivity index (χ1v) is 13.0. The molecule has 1 radical (unpaired) electrons. The summed E-state index contributed by atoms with van der Waals surface area (Å²) in [5.74, 6) is 0.279. The lowest BCUT2D eigenvalue weighted by Gasteiger charge is -2.25. The predicted molar refractivity (Wildman–Crippen MR) is 134 cm³/mol. The first-order chi connectivity index (χ1) is 15.8. The van der Waals surface area contributed by atoms with Gasteiger partial charge in [-0.15, -0.1) is 0 Å². The number of aryl methyl sites for hydroxylation is 1. The molecule has 175 valence electrons. The molecule has 3 rings (SSSR count). The number of sulfonamides is 1. The molecule has 0 unspecified atom stereocenters. The molecule has 0 fully saturated rings. The second-order valence-electron chi connectivity index (χ2n) is 9.08. The van der Waals surface area contributed by atoms with Gasteiger partial charge in [0.1, 0.15) is 10.6 Å². The fourth-order valence-electron chi connectivity index (χ4n) is 3.88. The molecule has 0 bridgehead atoms. The fraction of sp³-hybridized carbons (Fsp3) is 0.321. The van der Waals surface area contributed by atoms with E-state index in [1.807, 2.05) is 55.5 Å². The van der Waals surface area contributed by atoms with Crippen molar-refractivity contribution in [1.29, 1.82) is 0 Å². The normalized spacial score (nSPS) is 12.9. The van der Waals surface area contributed by atoms with Gasteiger partial charge in [-0.05, 0) is 60.3 Å². The van der Waals surface area contributed by atoms with E-state index in [2.05, 4.69) is 30.7 Å². The van der Waals surface area contributed by atoms with Gasteiger partial charge in [0.2, 0.25) is 10.0 Å². The molecule has 0 spiro atoms. The number of para-hydroxylation sites is 1. The van der Waals surface area contributed by atoms with E-state index in [0.717, 1.165) is 17.5 Å². The van der Waals surface area contributed by atoms with E-state index in [4.69, 9.17) is 0 Å². The highest BCUT2D eigenvalue weighted by atomic mass is 32.2. The van der Waals surface area contributed by atoms with Gasteiger partial charge in [0.25, 0.3) is 0 Å². The van der Waals surface area contributed by atoms with Gasteiger partial charge in [0, 0.05) is 0 Å². The zero-order valence-electron chi connectivity index (χ0n) is 19.7. The molecule has 0 aliphatic rings. The molecule has 0 saturated carbocycles. The van der Waals surface area contributed by atoms with Crippen molar-refractivity contribution >= 4 is 10.0 Å². The summed E-state index contributed by atoms with van der Waals surface area (Å²) >= 11 is 0. The van der Waals surface area contributed by atoms with Crippen molar-refractivity contribution in [2.75, 3.05) is 0 Å². The van der Waals surface area contributed by atoms with Crippen molar-refractivity contribution in [1.82, 2.24) is 4.72 Å². The Labute approximate surface area is 198 Å². The zero-order chi connectivity index (χ0) is 23.8. The number of phenolic OH excluding ortho intramolecular Hbond substituents is 1. The minimum absolute atomic E-state index is 0.0337. The number of rotatable bonds is 11. The third kappa shape index (κ3) is 7.18. The van der Waals surface area contributed by atoms with Crippen LogP contribution in [0.2, 0.25) is 0 Å². The molecule has 1 atom stereocenters. The Hall–Kier alpha value is -2.63. The fourth-order valence-corrected chi connectivity index (χ4v) is 5.25. The Morgan fingerprint density at radius 3 is 2.06 bits per heavy atom. The molecule has 5 heteroatoms. The Bertz CT molecular complexity index is 1110. The number of hydrogen-bond donors (Lipinski definition) is 2. The van der Waals surface area contributed by atoms with Crippen LogP contribution in [-0.2, 0) is 29.3 Å². The SMILES string of the molecule is CC(C)CCc1cccc(S(=O)(=O)N[C](Cc2ccccc2)[C@H](C)Cc2ccccc2)c1O. The standard InChI is InChI=1S/C28H34NO3S/c1-21(2)17-18-25-15-10-16-27(28(25)30)33(31,32)29-26(20-24-13-8-5-9-14-24)22(3)19-23-11-6-4-7-12-23/h4-16,21-22,29-30H,17-20H2,1-3H3/t22-/m1/s1. The zero-order valence-corrected chi connectivity index (χ0v) is 20.5. The van der Waals surface area contributed by atoms with Crippen LogP contribution in [0, 0.1) is 17.9 Å². The average Bonchev–Trinajstić information content (AvgIpc) is 2.79. The topological polar surface area (TPSA) is 66.4 Å². The number of phenols is 1. The number of benzene rings is 3. The number of hydrogen-bond acceptors (Lipinski definition) is 3. The maximum absolute atomic E-state index is 13.4. The van der Waals surface area contributed by atoms with Crippen molar-refractivity contribution in [3.8, 4) is 5.75 Å². The van der Waals surface area contributed by atoms with E-state index in [0.29, 0.717) is 36.8 Å². The lowest BCUT2D eigenvalue weighted by atomic mass is 9.90. The summed E-state index contributed by atoms with van der Waals surface area (Å²) in [6.45, 7) is 6.25. The lowest BCUT2D eigenvalue weighted by molar-refractivity contribution is 0.445. The smallest absolute Gasteiger partial charge is 0.244 e. The average molecular weight is 465 g/mol. The molecule has 2 N–H and O–H groups in total. The lowest BCUT2D eigenvalue weighted by Crippen LogP contribution is -2.35. The number of aromatic hydroxyl groups is 1. The molecule has 0 aliphatic carbocycles. The first kappa shape index (κ1) is 25.0. The third-order valence-electron chi connectivity index (χ3n) is 5.85. The molecular weight excluding hydrogens is 430 g/mol. The van der Waals surface area contributed by atoms with E-state index in [9.17, 15) is 13.5 Å². The highest BCUT2D eigenvalue weighted by molar-refractivity contribution is 7.89. The van der Waals surface area contributed by atoms with E-state index in [-0.39, 0.29) is 16.6 Å². The summed E-state index contributed by atoms with van der Waals surface area (Å²) in [5, 5.41) is 10.8. The second kappa shape index (κ2) is 11.5.